The first kappa shape index (κ1) is 9.79. The maximum absolute atomic E-state index is 10.6. The number of carbonyl (C=O) groups excluding carboxylic acids is 1. The number of amides is 2. The lowest BCUT2D eigenvalue weighted by molar-refractivity contribution is -0.132. The number of ether oxygens (including phenoxy) is 1. The van der Waals surface area contributed by atoms with Gasteiger partial charge < -0.3 is 20.9 Å². The van der Waals surface area contributed by atoms with E-state index in [0.29, 0.717) is 12.8 Å². The van der Waals surface area contributed by atoms with Crippen LogP contribution in [0.1, 0.15) is 12.8 Å². The average Bonchev–Trinajstić information content (AvgIpc) is 2.04. The Kier molecular flexibility index (Phi) is 3.07. The van der Waals surface area contributed by atoms with E-state index in [-0.39, 0.29) is 12.6 Å². The van der Waals surface area contributed by atoms with E-state index in [1.807, 2.05) is 0 Å². The molecule has 2 atom stereocenters. The van der Waals surface area contributed by atoms with Gasteiger partial charge in [-0.25, -0.2) is 4.79 Å². The quantitative estimate of drug-likeness (QED) is 0.532. The number of nitrogens with two attached hydrogens (primary N) is 1. The van der Waals surface area contributed by atoms with E-state index in [0.717, 1.165) is 0 Å². The molecule has 0 aliphatic carbocycles. The van der Waals surface area contributed by atoms with Gasteiger partial charge in [0.15, 0.2) is 0 Å². The van der Waals surface area contributed by atoms with E-state index in [4.69, 9.17) is 15.6 Å². The van der Waals surface area contributed by atoms with E-state index < -0.39 is 18.1 Å². The third-order valence-electron chi connectivity index (χ3n) is 1.92. The molecule has 1 saturated heterocycles. The number of rotatable bonds is 2. The summed E-state index contributed by atoms with van der Waals surface area (Å²) in [5, 5.41) is 10.7. The third-order valence-corrected chi connectivity index (χ3v) is 1.92. The molecule has 0 bridgehead atoms. The molecule has 6 nitrogen and oxygen atoms in total. The smallest absolute Gasteiger partial charge is 0.404 e. The van der Waals surface area contributed by atoms with E-state index in [1.54, 1.807) is 0 Å². The van der Waals surface area contributed by atoms with Gasteiger partial charge in [0.05, 0.1) is 12.6 Å². The van der Waals surface area contributed by atoms with Crippen molar-refractivity contribution in [2.45, 2.75) is 25.0 Å². The molecule has 0 radical (unpaired) electrons. The van der Waals surface area contributed by atoms with Gasteiger partial charge in [-0.05, 0) is 12.8 Å². The average molecular weight is 188 g/mol. The number of carbonyl (C=O) groups is 2. The van der Waals surface area contributed by atoms with Crippen LogP contribution in [0.3, 0.4) is 0 Å². The Bertz CT molecular complexity index is 211. The van der Waals surface area contributed by atoms with Gasteiger partial charge in [0.25, 0.3) is 0 Å². The van der Waals surface area contributed by atoms with Crippen molar-refractivity contribution in [3.63, 3.8) is 0 Å². The fourth-order valence-corrected chi connectivity index (χ4v) is 1.26. The molecular formula is C7H12N2O4. The first-order valence-electron chi connectivity index (χ1n) is 4.00. The van der Waals surface area contributed by atoms with Crippen LogP contribution in [0.4, 0.5) is 4.79 Å². The predicted octanol–water partition coefficient (Wildman–Crippen LogP) is -0.713. The van der Waals surface area contributed by atoms with Crippen LogP contribution in [0, 0.1) is 0 Å². The number of hydrogen-bond donors (Lipinski definition) is 3. The van der Waals surface area contributed by atoms with Crippen molar-refractivity contribution in [1.82, 2.24) is 5.32 Å². The van der Waals surface area contributed by atoms with Crippen LogP contribution >= 0.6 is 0 Å². The zero-order valence-electron chi connectivity index (χ0n) is 7.03. The summed E-state index contributed by atoms with van der Waals surface area (Å²) in [6.07, 6.45) is -0.585. The molecule has 1 rings (SSSR count). The van der Waals surface area contributed by atoms with Crippen molar-refractivity contribution in [2.75, 3.05) is 6.61 Å². The highest BCUT2D eigenvalue weighted by Crippen LogP contribution is 2.12. The van der Waals surface area contributed by atoms with Gasteiger partial charge in [0, 0.05) is 0 Å². The fraction of sp³-hybridized carbons (Fsp3) is 0.714. The summed E-state index contributed by atoms with van der Waals surface area (Å²) in [6.45, 7) is 0.208. The standard InChI is InChI=1S/C7H12N2O4/c8-6(10)5-2-1-4(3-13-5)9-7(11)12/h4-5,9H,1-3H2,(H2,8,10)(H,11,12). The molecule has 0 aromatic heterocycles. The Morgan fingerprint density at radius 3 is 2.54 bits per heavy atom. The summed E-state index contributed by atoms with van der Waals surface area (Å²) in [5.74, 6) is -0.492. The normalized spacial score (nSPS) is 28.0. The summed E-state index contributed by atoms with van der Waals surface area (Å²) < 4.78 is 5.05. The van der Waals surface area contributed by atoms with E-state index in [1.165, 1.54) is 0 Å². The van der Waals surface area contributed by atoms with Gasteiger partial charge >= 0.3 is 6.09 Å². The van der Waals surface area contributed by atoms with Crippen LogP contribution in [0.15, 0.2) is 0 Å². The molecular weight excluding hydrogens is 176 g/mol. The molecule has 1 fully saturated rings. The number of nitrogens with one attached hydrogen (secondary N) is 1. The molecule has 13 heavy (non-hydrogen) atoms. The Morgan fingerprint density at radius 2 is 2.15 bits per heavy atom. The van der Waals surface area contributed by atoms with E-state index in [9.17, 15) is 9.59 Å². The highest BCUT2D eigenvalue weighted by Gasteiger charge is 2.25. The van der Waals surface area contributed by atoms with Crippen molar-refractivity contribution in [3.8, 4) is 0 Å². The molecule has 0 spiro atoms. The minimum Gasteiger partial charge on any atom is -0.465 e. The van der Waals surface area contributed by atoms with E-state index >= 15 is 0 Å². The largest absolute Gasteiger partial charge is 0.465 e. The minimum absolute atomic E-state index is 0.208. The van der Waals surface area contributed by atoms with Crippen molar-refractivity contribution in [1.29, 1.82) is 0 Å². The molecule has 74 valence electrons. The van der Waals surface area contributed by atoms with Gasteiger partial charge in [-0.3, -0.25) is 4.79 Å². The molecule has 0 saturated carbocycles. The van der Waals surface area contributed by atoms with Crippen LogP contribution in [0.5, 0.6) is 0 Å². The molecule has 0 aromatic rings. The molecule has 1 aliphatic heterocycles. The highest BCUT2D eigenvalue weighted by molar-refractivity contribution is 5.78. The maximum atomic E-state index is 10.6. The zero-order chi connectivity index (χ0) is 9.84. The Hall–Kier alpha value is -1.30. The molecule has 1 heterocycles. The first-order chi connectivity index (χ1) is 6.09. The summed E-state index contributed by atoms with van der Waals surface area (Å²) in [7, 11) is 0. The second-order valence-electron chi connectivity index (χ2n) is 2.95. The van der Waals surface area contributed by atoms with Crippen LogP contribution in [-0.2, 0) is 9.53 Å². The Morgan fingerprint density at radius 1 is 1.46 bits per heavy atom. The van der Waals surface area contributed by atoms with Crippen molar-refractivity contribution in [2.24, 2.45) is 5.73 Å². The summed E-state index contributed by atoms with van der Waals surface area (Å²) >= 11 is 0. The van der Waals surface area contributed by atoms with Crippen molar-refractivity contribution >= 4 is 12.0 Å². The van der Waals surface area contributed by atoms with Gasteiger partial charge in [0.1, 0.15) is 6.10 Å². The molecule has 4 N–H and O–H groups in total. The van der Waals surface area contributed by atoms with Crippen LogP contribution in [-0.4, -0.2) is 35.9 Å². The molecule has 2 amide bonds. The van der Waals surface area contributed by atoms with Crippen LogP contribution in [0.25, 0.3) is 0 Å². The predicted molar refractivity (Wildman–Crippen MR) is 43.1 cm³/mol. The summed E-state index contributed by atoms with van der Waals surface area (Å²) in [5.41, 5.74) is 5.01. The summed E-state index contributed by atoms with van der Waals surface area (Å²) in [6, 6.07) is -0.229. The van der Waals surface area contributed by atoms with Gasteiger partial charge in [-0.15, -0.1) is 0 Å². The second-order valence-corrected chi connectivity index (χ2v) is 2.95. The molecule has 6 heteroatoms. The highest BCUT2D eigenvalue weighted by atomic mass is 16.5. The molecule has 1 aliphatic rings. The Balaban J connectivity index is 2.30. The monoisotopic (exact) mass is 188 g/mol. The third kappa shape index (κ3) is 2.90. The lowest BCUT2D eigenvalue weighted by atomic mass is 10.1. The first-order valence-corrected chi connectivity index (χ1v) is 4.00. The lowest BCUT2D eigenvalue weighted by Crippen LogP contribution is -2.45. The van der Waals surface area contributed by atoms with Crippen LogP contribution < -0.4 is 11.1 Å². The van der Waals surface area contributed by atoms with Crippen molar-refractivity contribution < 1.29 is 19.4 Å². The topological polar surface area (TPSA) is 102 Å². The van der Waals surface area contributed by atoms with Gasteiger partial charge in [-0.2, -0.15) is 0 Å². The zero-order valence-corrected chi connectivity index (χ0v) is 7.03. The SMILES string of the molecule is NC(=O)C1CCC(NC(=O)O)CO1. The second kappa shape index (κ2) is 4.08. The summed E-state index contributed by atoms with van der Waals surface area (Å²) in [4.78, 5) is 20.9. The Labute approximate surface area is 75.0 Å². The maximum Gasteiger partial charge on any atom is 0.404 e. The van der Waals surface area contributed by atoms with Gasteiger partial charge in [-0.1, -0.05) is 0 Å². The van der Waals surface area contributed by atoms with Crippen molar-refractivity contribution in [3.05, 3.63) is 0 Å². The fourth-order valence-electron chi connectivity index (χ4n) is 1.26. The van der Waals surface area contributed by atoms with E-state index in [2.05, 4.69) is 5.32 Å². The lowest BCUT2D eigenvalue weighted by Gasteiger charge is -2.26. The van der Waals surface area contributed by atoms with Gasteiger partial charge in [0.2, 0.25) is 5.91 Å². The molecule has 0 aromatic carbocycles. The number of carboxylic acid groups (broad SMARTS) is 1. The number of hydrogen-bond acceptors (Lipinski definition) is 3. The number of primary amides is 1. The molecule has 2 unspecified atom stereocenters. The minimum atomic E-state index is -1.08. The van der Waals surface area contributed by atoms with Crippen LogP contribution in [0.2, 0.25) is 0 Å².